The number of aromatic nitrogens is 2. The SMILES string of the molecule is O=C(NC[C@@H](c1ccccc1)N1CCCC1)c1nn(-c2ccccc2)c(=O)c2ccccc12. The quantitative estimate of drug-likeness (QED) is 0.495. The second kappa shape index (κ2) is 9.38. The van der Waals surface area contributed by atoms with Gasteiger partial charge in [0.15, 0.2) is 5.69 Å². The molecule has 1 aromatic heterocycles. The molecular weight excluding hydrogens is 412 g/mol. The summed E-state index contributed by atoms with van der Waals surface area (Å²) in [5.41, 5.74) is 1.82. The number of rotatable bonds is 6. The van der Waals surface area contributed by atoms with Crippen LogP contribution in [0.25, 0.3) is 16.5 Å². The fraction of sp³-hybridized carbons (Fsp3) is 0.222. The van der Waals surface area contributed by atoms with E-state index in [2.05, 4.69) is 27.4 Å². The van der Waals surface area contributed by atoms with Crippen LogP contribution in [0.1, 0.15) is 34.9 Å². The van der Waals surface area contributed by atoms with E-state index in [-0.39, 0.29) is 23.2 Å². The summed E-state index contributed by atoms with van der Waals surface area (Å²) in [5, 5.41) is 8.64. The van der Waals surface area contributed by atoms with Crippen LogP contribution < -0.4 is 10.9 Å². The average molecular weight is 439 g/mol. The Hall–Kier alpha value is -3.77. The van der Waals surface area contributed by atoms with Crippen LogP contribution in [0.4, 0.5) is 0 Å². The highest BCUT2D eigenvalue weighted by Gasteiger charge is 2.25. The predicted octanol–water partition coefficient (Wildman–Crippen LogP) is 3.95. The van der Waals surface area contributed by atoms with E-state index in [1.165, 1.54) is 23.1 Å². The molecule has 4 aromatic rings. The maximum absolute atomic E-state index is 13.4. The molecule has 33 heavy (non-hydrogen) atoms. The molecule has 166 valence electrons. The number of hydrogen-bond donors (Lipinski definition) is 1. The Labute approximate surface area is 192 Å². The van der Waals surface area contributed by atoms with E-state index in [0.29, 0.717) is 23.0 Å². The van der Waals surface area contributed by atoms with Crippen molar-refractivity contribution in [3.05, 3.63) is 107 Å². The Kier molecular flexibility index (Phi) is 6.00. The number of para-hydroxylation sites is 1. The van der Waals surface area contributed by atoms with Crippen LogP contribution in [0.2, 0.25) is 0 Å². The van der Waals surface area contributed by atoms with Gasteiger partial charge in [-0.05, 0) is 49.7 Å². The second-order valence-corrected chi connectivity index (χ2v) is 8.33. The van der Waals surface area contributed by atoms with E-state index >= 15 is 0 Å². The van der Waals surface area contributed by atoms with Gasteiger partial charge in [-0.1, -0.05) is 66.7 Å². The Balaban J connectivity index is 1.49. The number of amides is 1. The van der Waals surface area contributed by atoms with Crippen molar-refractivity contribution in [2.24, 2.45) is 0 Å². The minimum Gasteiger partial charge on any atom is -0.349 e. The maximum Gasteiger partial charge on any atom is 0.279 e. The van der Waals surface area contributed by atoms with Gasteiger partial charge in [0.1, 0.15) is 0 Å². The van der Waals surface area contributed by atoms with Gasteiger partial charge in [0.05, 0.1) is 17.1 Å². The molecule has 0 aliphatic carbocycles. The number of fused-ring (bicyclic) bond motifs is 1. The number of carbonyl (C=O) groups excluding carboxylic acids is 1. The van der Waals surface area contributed by atoms with Gasteiger partial charge in [-0.3, -0.25) is 14.5 Å². The first-order valence-corrected chi connectivity index (χ1v) is 11.4. The highest BCUT2D eigenvalue weighted by Crippen LogP contribution is 2.24. The third-order valence-corrected chi connectivity index (χ3v) is 6.24. The van der Waals surface area contributed by atoms with Crippen molar-refractivity contribution < 1.29 is 4.79 Å². The second-order valence-electron chi connectivity index (χ2n) is 8.33. The van der Waals surface area contributed by atoms with Crippen molar-refractivity contribution >= 4 is 16.7 Å². The lowest BCUT2D eigenvalue weighted by molar-refractivity contribution is 0.0933. The Morgan fingerprint density at radius 2 is 1.45 bits per heavy atom. The van der Waals surface area contributed by atoms with Crippen molar-refractivity contribution in [1.29, 1.82) is 0 Å². The molecule has 1 fully saturated rings. The summed E-state index contributed by atoms with van der Waals surface area (Å²) in [6.45, 7) is 2.52. The molecule has 0 saturated carbocycles. The molecule has 1 aliphatic heterocycles. The van der Waals surface area contributed by atoms with Gasteiger partial charge in [0.2, 0.25) is 0 Å². The van der Waals surface area contributed by atoms with E-state index in [4.69, 9.17) is 0 Å². The van der Waals surface area contributed by atoms with Gasteiger partial charge in [0, 0.05) is 11.9 Å². The summed E-state index contributed by atoms with van der Waals surface area (Å²) in [4.78, 5) is 28.9. The minimum atomic E-state index is -0.281. The molecule has 6 heteroatoms. The minimum absolute atomic E-state index is 0.101. The first-order chi connectivity index (χ1) is 16.2. The summed E-state index contributed by atoms with van der Waals surface area (Å²) in [6, 6.07) is 26.7. The number of hydrogen-bond acceptors (Lipinski definition) is 4. The Morgan fingerprint density at radius 3 is 2.15 bits per heavy atom. The van der Waals surface area contributed by atoms with Crippen LogP contribution >= 0.6 is 0 Å². The summed E-state index contributed by atoms with van der Waals surface area (Å²) in [5.74, 6) is -0.281. The lowest BCUT2D eigenvalue weighted by Crippen LogP contribution is -2.38. The van der Waals surface area contributed by atoms with E-state index in [1.54, 1.807) is 18.2 Å². The largest absolute Gasteiger partial charge is 0.349 e. The van der Waals surface area contributed by atoms with Crippen molar-refractivity contribution in [2.75, 3.05) is 19.6 Å². The molecule has 0 bridgehead atoms. The zero-order valence-corrected chi connectivity index (χ0v) is 18.4. The van der Waals surface area contributed by atoms with Crippen LogP contribution in [0.15, 0.2) is 89.7 Å². The van der Waals surface area contributed by atoms with Gasteiger partial charge in [-0.15, -0.1) is 0 Å². The molecule has 5 rings (SSSR count). The van der Waals surface area contributed by atoms with Crippen LogP contribution in [0, 0.1) is 0 Å². The molecule has 6 nitrogen and oxygen atoms in total. The van der Waals surface area contributed by atoms with E-state index in [0.717, 1.165) is 13.1 Å². The Bertz CT molecular complexity index is 1310. The molecule has 0 spiro atoms. The monoisotopic (exact) mass is 438 g/mol. The molecule has 1 saturated heterocycles. The highest BCUT2D eigenvalue weighted by atomic mass is 16.2. The topological polar surface area (TPSA) is 67.2 Å². The number of likely N-dealkylation sites (tertiary alicyclic amines) is 1. The van der Waals surface area contributed by atoms with Crippen LogP contribution in [-0.2, 0) is 0 Å². The summed E-state index contributed by atoms with van der Waals surface area (Å²) in [6.07, 6.45) is 2.34. The molecule has 3 aromatic carbocycles. The third kappa shape index (κ3) is 4.30. The van der Waals surface area contributed by atoms with E-state index in [9.17, 15) is 9.59 Å². The fourth-order valence-electron chi connectivity index (χ4n) is 4.56. The molecule has 0 radical (unpaired) electrons. The van der Waals surface area contributed by atoms with Gasteiger partial charge in [-0.2, -0.15) is 9.78 Å². The molecule has 1 amide bonds. The molecule has 2 heterocycles. The summed E-state index contributed by atoms with van der Waals surface area (Å²) >= 11 is 0. The van der Waals surface area contributed by atoms with Gasteiger partial charge in [-0.25, -0.2) is 0 Å². The number of nitrogens with zero attached hydrogens (tertiary/aromatic N) is 3. The zero-order valence-electron chi connectivity index (χ0n) is 18.4. The van der Waals surface area contributed by atoms with Crippen molar-refractivity contribution in [2.45, 2.75) is 18.9 Å². The highest BCUT2D eigenvalue weighted by molar-refractivity contribution is 6.04. The van der Waals surface area contributed by atoms with Crippen LogP contribution in [-0.4, -0.2) is 40.2 Å². The normalized spacial score (nSPS) is 14.9. The predicted molar refractivity (Wildman–Crippen MR) is 130 cm³/mol. The summed E-state index contributed by atoms with van der Waals surface area (Å²) < 4.78 is 1.31. The molecule has 0 unspecified atom stereocenters. The zero-order chi connectivity index (χ0) is 22.6. The average Bonchev–Trinajstić information content (AvgIpc) is 3.40. The van der Waals surface area contributed by atoms with Crippen molar-refractivity contribution in [1.82, 2.24) is 20.0 Å². The lowest BCUT2D eigenvalue weighted by Gasteiger charge is -2.28. The van der Waals surface area contributed by atoms with E-state index in [1.807, 2.05) is 54.6 Å². The van der Waals surface area contributed by atoms with Crippen LogP contribution in [0.3, 0.4) is 0 Å². The van der Waals surface area contributed by atoms with Crippen LogP contribution in [0.5, 0.6) is 0 Å². The number of carbonyl (C=O) groups is 1. The molecule has 1 N–H and O–H groups in total. The standard InChI is InChI=1S/C27H26N4O2/c32-26(28-19-24(30-17-9-10-18-30)20-11-3-1-4-12-20)25-22-15-7-8-16-23(22)27(33)31(29-25)21-13-5-2-6-14-21/h1-8,11-16,24H,9-10,17-19H2,(H,28,32)/t24-/m0/s1. The Morgan fingerprint density at radius 1 is 0.848 bits per heavy atom. The van der Waals surface area contributed by atoms with Gasteiger partial charge >= 0.3 is 0 Å². The fourth-order valence-corrected chi connectivity index (χ4v) is 4.56. The van der Waals surface area contributed by atoms with Crippen molar-refractivity contribution in [3.63, 3.8) is 0 Å². The third-order valence-electron chi connectivity index (χ3n) is 6.24. The van der Waals surface area contributed by atoms with Gasteiger partial charge < -0.3 is 5.32 Å². The summed E-state index contributed by atoms with van der Waals surface area (Å²) in [7, 11) is 0. The first kappa shape index (κ1) is 21.1. The molecule has 1 atom stereocenters. The molecular formula is C27H26N4O2. The van der Waals surface area contributed by atoms with E-state index < -0.39 is 0 Å². The number of benzene rings is 3. The van der Waals surface area contributed by atoms with Gasteiger partial charge in [0.25, 0.3) is 11.5 Å². The smallest absolute Gasteiger partial charge is 0.279 e. The lowest BCUT2D eigenvalue weighted by atomic mass is 10.1. The van der Waals surface area contributed by atoms with Crippen molar-refractivity contribution in [3.8, 4) is 5.69 Å². The number of nitrogens with one attached hydrogen (secondary N) is 1. The maximum atomic E-state index is 13.4. The first-order valence-electron chi connectivity index (χ1n) is 11.4. The molecule has 1 aliphatic rings.